The van der Waals surface area contributed by atoms with Gasteiger partial charge in [-0.2, -0.15) is 0 Å². The van der Waals surface area contributed by atoms with E-state index in [1.165, 1.54) is 11.1 Å². The number of rotatable bonds is 3. The Kier molecular flexibility index (Phi) is 4.99. The van der Waals surface area contributed by atoms with Crippen LogP contribution in [0.15, 0.2) is 60.2 Å². The highest BCUT2D eigenvalue weighted by atomic mass is 16.1. The number of carbonyl (C=O) groups excluding carboxylic acids is 1. The Morgan fingerprint density at radius 1 is 0.917 bits per heavy atom. The Bertz CT molecular complexity index is 722. The molecule has 1 heteroatoms. The normalized spacial score (nSPS) is 23.0. The van der Waals surface area contributed by atoms with Crippen LogP contribution in [0, 0.1) is 17.8 Å². The average Bonchev–Trinajstić information content (AvgIpc) is 2.59. The van der Waals surface area contributed by atoms with E-state index in [-0.39, 0.29) is 5.92 Å². The number of benzene rings is 2. The summed E-state index contributed by atoms with van der Waals surface area (Å²) in [5, 5.41) is 0. The predicted octanol–water partition coefficient (Wildman–Crippen LogP) is 6.01. The van der Waals surface area contributed by atoms with Crippen LogP contribution < -0.4 is 0 Å². The first-order valence-electron chi connectivity index (χ1n) is 8.97. The zero-order valence-electron chi connectivity index (χ0n) is 14.8. The third-order valence-electron chi connectivity index (χ3n) is 5.21. The lowest BCUT2D eigenvalue weighted by molar-refractivity contribution is -0.122. The van der Waals surface area contributed by atoms with Crippen LogP contribution in [0.1, 0.15) is 39.2 Å². The third-order valence-corrected chi connectivity index (χ3v) is 5.21. The number of Topliss-reactive ketones (excluding diaryl/α,β-unsaturated/α-hetero) is 1. The maximum Gasteiger partial charge on any atom is 0.162 e. The maximum atomic E-state index is 12.8. The van der Waals surface area contributed by atoms with Gasteiger partial charge in [0.1, 0.15) is 0 Å². The number of ketones is 1. The molecule has 0 radical (unpaired) electrons. The molecule has 0 aliphatic heterocycles. The van der Waals surface area contributed by atoms with Crippen LogP contribution in [0.25, 0.3) is 17.2 Å². The molecule has 0 spiro atoms. The van der Waals surface area contributed by atoms with E-state index >= 15 is 0 Å². The van der Waals surface area contributed by atoms with Crippen molar-refractivity contribution in [3.8, 4) is 11.1 Å². The summed E-state index contributed by atoms with van der Waals surface area (Å²) in [5.74, 6) is 1.34. The van der Waals surface area contributed by atoms with Crippen molar-refractivity contribution in [3.05, 3.63) is 65.7 Å². The topological polar surface area (TPSA) is 17.1 Å². The largest absolute Gasteiger partial charge is 0.294 e. The Balaban J connectivity index is 1.86. The Morgan fingerprint density at radius 3 is 2.17 bits per heavy atom. The Hall–Kier alpha value is -2.15. The van der Waals surface area contributed by atoms with Gasteiger partial charge in [0, 0.05) is 5.92 Å². The van der Waals surface area contributed by atoms with Gasteiger partial charge in [-0.15, -0.1) is 0 Å². The summed E-state index contributed by atoms with van der Waals surface area (Å²) in [6.45, 7) is 6.49. The molecule has 2 atom stereocenters. The van der Waals surface area contributed by atoms with Gasteiger partial charge in [-0.3, -0.25) is 4.79 Å². The van der Waals surface area contributed by atoms with E-state index in [1.54, 1.807) is 0 Å². The molecule has 0 unspecified atom stereocenters. The van der Waals surface area contributed by atoms with Crippen LogP contribution in [0.4, 0.5) is 0 Å². The zero-order valence-corrected chi connectivity index (χ0v) is 14.8. The highest BCUT2D eigenvalue weighted by Gasteiger charge is 2.32. The number of allylic oxidation sites excluding steroid dienone is 1. The molecule has 0 bridgehead atoms. The van der Waals surface area contributed by atoms with E-state index < -0.39 is 0 Å². The molecular weight excluding hydrogens is 292 g/mol. The van der Waals surface area contributed by atoms with Gasteiger partial charge in [0.2, 0.25) is 0 Å². The van der Waals surface area contributed by atoms with Crippen molar-refractivity contribution in [1.29, 1.82) is 0 Å². The number of hydrogen-bond acceptors (Lipinski definition) is 1. The summed E-state index contributed by atoms with van der Waals surface area (Å²) >= 11 is 0. The molecular formula is C23H26O. The summed E-state index contributed by atoms with van der Waals surface area (Å²) in [5.41, 5.74) is 4.56. The number of carbonyl (C=O) groups is 1. The fraction of sp³-hybridized carbons (Fsp3) is 0.348. The first kappa shape index (κ1) is 16.7. The lowest BCUT2D eigenvalue weighted by atomic mass is 9.73. The molecule has 24 heavy (non-hydrogen) atoms. The van der Waals surface area contributed by atoms with Gasteiger partial charge in [0.05, 0.1) is 0 Å². The van der Waals surface area contributed by atoms with Crippen LogP contribution >= 0.6 is 0 Å². The van der Waals surface area contributed by atoms with Gasteiger partial charge < -0.3 is 0 Å². The average molecular weight is 318 g/mol. The molecule has 1 aliphatic carbocycles. The van der Waals surface area contributed by atoms with Crippen molar-refractivity contribution < 1.29 is 4.79 Å². The molecule has 0 amide bonds. The van der Waals surface area contributed by atoms with E-state index in [9.17, 15) is 4.79 Å². The highest BCUT2D eigenvalue weighted by molar-refractivity contribution is 6.02. The molecule has 0 N–H and O–H groups in total. The van der Waals surface area contributed by atoms with E-state index in [4.69, 9.17) is 0 Å². The zero-order chi connectivity index (χ0) is 17.1. The van der Waals surface area contributed by atoms with Gasteiger partial charge in [0.25, 0.3) is 0 Å². The maximum absolute atomic E-state index is 12.8. The lowest BCUT2D eigenvalue weighted by Gasteiger charge is -2.30. The van der Waals surface area contributed by atoms with Gasteiger partial charge in [-0.1, -0.05) is 75.4 Å². The minimum atomic E-state index is 0.191. The second-order valence-corrected chi connectivity index (χ2v) is 7.28. The summed E-state index contributed by atoms with van der Waals surface area (Å²) in [7, 11) is 0. The van der Waals surface area contributed by atoms with Crippen LogP contribution in [0.3, 0.4) is 0 Å². The lowest BCUT2D eigenvalue weighted by Crippen LogP contribution is -2.30. The van der Waals surface area contributed by atoms with Crippen molar-refractivity contribution in [2.45, 2.75) is 33.6 Å². The van der Waals surface area contributed by atoms with Crippen molar-refractivity contribution in [2.24, 2.45) is 17.8 Å². The molecule has 3 rings (SSSR count). The SMILES string of the molecule is CC(C)[C@@H]1CC[C@@H](C)/C(=C\c2ccc(-c3ccccc3)cc2)C1=O. The van der Waals surface area contributed by atoms with Crippen LogP contribution in [-0.2, 0) is 4.79 Å². The minimum absolute atomic E-state index is 0.191. The predicted molar refractivity (Wildman–Crippen MR) is 102 cm³/mol. The molecule has 2 aromatic carbocycles. The molecule has 0 heterocycles. The molecule has 0 aromatic heterocycles. The standard InChI is InChI=1S/C23H26O/c1-16(2)21-14-9-17(3)22(23(21)24)15-18-10-12-20(13-11-18)19-7-5-4-6-8-19/h4-8,10-13,15-17,21H,9,14H2,1-3H3/b22-15+/t17-,21+/m1/s1. The molecule has 0 saturated heterocycles. The quantitative estimate of drug-likeness (QED) is 0.633. The third kappa shape index (κ3) is 3.51. The van der Waals surface area contributed by atoms with E-state index in [0.29, 0.717) is 17.6 Å². The highest BCUT2D eigenvalue weighted by Crippen LogP contribution is 2.35. The van der Waals surface area contributed by atoms with E-state index in [0.717, 1.165) is 24.0 Å². The van der Waals surface area contributed by atoms with Crippen LogP contribution in [-0.4, -0.2) is 5.78 Å². The first-order valence-corrected chi connectivity index (χ1v) is 8.97. The fourth-order valence-electron chi connectivity index (χ4n) is 3.60. The van der Waals surface area contributed by atoms with Gasteiger partial charge in [-0.05, 0) is 53.0 Å². The molecule has 124 valence electrons. The van der Waals surface area contributed by atoms with E-state index in [1.807, 2.05) is 6.07 Å². The second kappa shape index (κ2) is 7.17. The first-order chi connectivity index (χ1) is 11.6. The molecule has 1 nitrogen and oxygen atoms in total. The van der Waals surface area contributed by atoms with Gasteiger partial charge in [0.15, 0.2) is 5.78 Å². The molecule has 1 fully saturated rings. The van der Waals surface area contributed by atoms with Crippen LogP contribution in [0.2, 0.25) is 0 Å². The monoisotopic (exact) mass is 318 g/mol. The summed E-state index contributed by atoms with van der Waals surface area (Å²) in [6.07, 6.45) is 4.25. The Labute approximate surface area is 145 Å². The molecule has 2 aromatic rings. The second-order valence-electron chi connectivity index (χ2n) is 7.28. The van der Waals surface area contributed by atoms with Crippen molar-refractivity contribution in [3.63, 3.8) is 0 Å². The van der Waals surface area contributed by atoms with Gasteiger partial charge >= 0.3 is 0 Å². The summed E-state index contributed by atoms with van der Waals surface area (Å²) < 4.78 is 0. The van der Waals surface area contributed by atoms with Crippen molar-refractivity contribution in [1.82, 2.24) is 0 Å². The molecule has 1 saturated carbocycles. The van der Waals surface area contributed by atoms with E-state index in [2.05, 4.69) is 75.4 Å². The minimum Gasteiger partial charge on any atom is -0.294 e. The fourth-order valence-corrected chi connectivity index (χ4v) is 3.60. The van der Waals surface area contributed by atoms with Crippen LogP contribution in [0.5, 0.6) is 0 Å². The number of hydrogen-bond donors (Lipinski definition) is 0. The molecule has 1 aliphatic rings. The van der Waals surface area contributed by atoms with Crippen molar-refractivity contribution >= 4 is 11.9 Å². The summed E-state index contributed by atoms with van der Waals surface area (Å²) in [4.78, 5) is 12.8. The van der Waals surface area contributed by atoms with Gasteiger partial charge in [-0.25, -0.2) is 0 Å². The Morgan fingerprint density at radius 2 is 1.54 bits per heavy atom. The smallest absolute Gasteiger partial charge is 0.162 e. The summed E-state index contributed by atoms with van der Waals surface area (Å²) in [6, 6.07) is 18.9. The van der Waals surface area contributed by atoms with Crippen molar-refractivity contribution in [2.75, 3.05) is 0 Å².